The molecule has 1 aliphatic rings. The number of thioether (sulfide) groups is 1. The van der Waals surface area contributed by atoms with E-state index < -0.39 is 0 Å². The molecule has 1 N–H and O–H groups in total. The van der Waals surface area contributed by atoms with E-state index in [4.69, 9.17) is 4.74 Å². The van der Waals surface area contributed by atoms with Crippen LogP contribution in [0.4, 0.5) is 0 Å². The van der Waals surface area contributed by atoms with E-state index in [1.165, 1.54) is 36.6 Å². The molecule has 3 rings (SSSR count). The topological polar surface area (TPSA) is 69.0 Å². The summed E-state index contributed by atoms with van der Waals surface area (Å²) in [6.07, 6.45) is 4.76. The minimum absolute atomic E-state index is 0.0764. The maximum Gasteiger partial charge on any atom is 0.230 e. The molecule has 1 saturated carbocycles. The number of aromatic nitrogens is 3. The fraction of sp³-hybridized carbons (Fsp3) is 0.591. The molecule has 2 aromatic rings. The third-order valence-corrected chi connectivity index (χ3v) is 6.55. The molecular weight excluding hydrogens is 384 g/mol. The van der Waals surface area contributed by atoms with Crippen LogP contribution in [-0.2, 0) is 17.9 Å². The molecule has 1 amide bonds. The Morgan fingerprint density at radius 1 is 1.28 bits per heavy atom. The highest BCUT2D eigenvalue weighted by atomic mass is 32.2. The first-order valence-corrected chi connectivity index (χ1v) is 11.5. The SMILES string of the molecule is CCn1c(COc2ccc(C)cc2C)nnc1SCC(=O)N[C@H]1CCCC[C@H]1C. The van der Waals surface area contributed by atoms with Crippen molar-refractivity contribution in [3.63, 3.8) is 0 Å². The van der Waals surface area contributed by atoms with Crippen LogP contribution in [0.3, 0.4) is 0 Å². The van der Waals surface area contributed by atoms with Gasteiger partial charge in [-0.3, -0.25) is 4.79 Å². The number of nitrogens with one attached hydrogen (secondary N) is 1. The van der Waals surface area contributed by atoms with Crippen LogP contribution in [0.5, 0.6) is 5.75 Å². The molecular formula is C22H32N4O2S. The Morgan fingerprint density at radius 2 is 2.07 bits per heavy atom. The molecule has 0 unspecified atom stereocenters. The zero-order valence-electron chi connectivity index (χ0n) is 17.9. The van der Waals surface area contributed by atoms with Gasteiger partial charge >= 0.3 is 0 Å². The number of rotatable bonds is 8. The number of amides is 1. The minimum Gasteiger partial charge on any atom is -0.485 e. The third-order valence-electron chi connectivity index (χ3n) is 5.59. The molecule has 7 heteroatoms. The van der Waals surface area contributed by atoms with Crippen molar-refractivity contribution in [1.29, 1.82) is 0 Å². The van der Waals surface area contributed by atoms with Gasteiger partial charge in [0.25, 0.3) is 0 Å². The van der Waals surface area contributed by atoms with Crippen molar-refractivity contribution < 1.29 is 9.53 Å². The Bertz CT molecular complexity index is 836. The van der Waals surface area contributed by atoms with Gasteiger partial charge in [0.05, 0.1) is 5.75 Å². The molecule has 0 spiro atoms. The molecule has 0 bridgehead atoms. The van der Waals surface area contributed by atoms with Gasteiger partial charge in [-0.25, -0.2) is 0 Å². The highest BCUT2D eigenvalue weighted by Crippen LogP contribution is 2.25. The molecule has 1 aromatic heterocycles. The van der Waals surface area contributed by atoms with Gasteiger partial charge < -0.3 is 14.6 Å². The number of aryl methyl sites for hydroxylation is 2. The van der Waals surface area contributed by atoms with Crippen molar-refractivity contribution in [2.45, 2.75) is 77.7 Å². The van der Waals surface area contributed by atoms with E-state index in [-0.39, 0.29) is 5.91 Å². The van der Waals surface area contributed by atoms with Crippen LogP contribution in [0.25, 0.3) is 0 Å². The van der Waals surface area contributed by atoms with Gasteiger partial charge in [-0.05, 0) is 51.2 Å². The lowest BCUT2D eigenvalue weighted by molar-refractivity contribution is -0.119. The highest BCUT2D eigenvalue weighted by Gasteiger charge is 2.23. The van der Waals surface area contributed by atoms with Gasteiger partial charge in [-0.2, -0.15) is 0 Å². The first-order valence-electron chi connectivity index (χ1n) is 10.5. The average Bonchev–Trinajstić information content (AvgIpc) is 3.09. The van der Waals surface area contributed by atoms with Crippen molar-refractivity contribution in [3.05, 3.63) is 35.2 Å². The normalized spacial score (nSPS) is 19.2. The van der Waals surface area contributed by atoms with Crippen LogP contribution >= 0.6 is 11.8 Å². The summed E-state index contributed by atoms with van der Waals surface area (Å²) in [6, 6.07) is 6.44. The Morgan fingerprint density at radius 3 is 2.79 bits per heavy atom. The Kier molecular flexibility index (Phi) is 7.58. The maximum atomic E-state index is 12.4. The second kappa shape index (κ2) is 10.1. The summed E-state index contributed by atoms with van der Waals surface area (Å²) in [5.41, 5.74) is 2.32. The molecule has 1 heterocycles. The molecule has 1 aromatic carbocycles. The number of nitrogens with zero attached hydrogens (tertiary/aromatic N) is 3. The molecule has 0 saturated heterocycles. The van der Waals surface area contributed by atoms with Gasteiger partial charge in [0.15, 0.2) is 11.0 Å². The van der Waals surface area contributed by atoms with Gasteiger partial charge in [0, 0.05) is 12.6 Å². The second-order valence-corrected chi connectivity index (χ2v) is 8.87. The predicted octanol–water partition coefficient (Wildman–Crippen LogP) is 4.28. The summed E-state index contributed by atoms with van der Waals surface area (Å²) in [6.45, 7) is 9.49. The third kappa shape index (κ3) is 5.75. The summed E-state index contributed by atoms with van der Waals surface area (Å²) < 4.78 is 7.98. The Balaban J connectivity index is 1.55. The van der Waals surface area contributed by atoms with Crippen molar-refractivity contribution in [2.24, 2.45) is 5.92 Å². The summed E-state index contributed by atoms with van der Waals surface area (Å²) in [4.78, 5) is 12.4. The monoisotopic (exact) mass is 416 g/mol. The zero-order valence-corrected chi connectivity index (χ0v) is 18.7. The lowest BCUT2D eigenvalue weighted by Gasteiger charge is -2.29. The van der Waals surface area contributed by atoms with Gasteiger partial charge in [0.2, 0.25) is 5.91 Å². The van der Waals surface area contributed by atoms with Crippen LogP contribution in [0, 0.1) is 19.8 Å². The molecule has 1 fully saturated rings. The van der Waals surface area contributed by atoms with E-state index in [1.807, 2.05) is 23.6 Å². The summed E-state index contributed by atoms with van der Waals surface area (Å²) in [5.74, 6) is 2.63. The molecule has 0 radical (unpaired) electrons. The Hall–Kier alpha value is -2.02. The van der Waals surface area contributed by atoms with Crippen molar-refractivity contribution in [1.82, 2.24) is 20.1 Å². The van der Waals surface area contributed by atoms with Crippen LogP contribution in [-0.4, -0.2) is 32.5 Å². The number of carbonyl (C=O) groups is 1. The van der Waals surface area contributed by atoms with E-state index in [0.29, 0.717) is 24.3 Å². The van der Waals surface area contributed by atoms with Gasteiger partial charge in [-0.1, -0.05) is 49.2 Å². The standard InChI is InChI=1S/C22H32N4O2S/c1-5-26-20(13-28-19-11-10-15(2)12-17(19)4)24-25-22(26)29-14-21(27)23-18-9-7-6-8-16(18)3/h10-12,16,18H,5-9,13-14H2,1-4H3,(H,23,27)/t16-,18+/m1/s1. The fourth-order valence-corrected chi connectivity index (χ4v) is 4.70. The fourth-order valence-electron chi connectivity index (χ4n) is 3.86. The molecule has 1 aliphatic carbocycles. The average molecular weight is 417 g/mol. The molecule has 158 valence electrons. The molecule has 29 heavy (non-hydrogen) atoms. The molecule has 0 aliphatic heterocycles. The lowest BCUT2D eigenvalue weighted by Crippen LogP contribution is -2.41. The quantitative estimate of drug-likeness (QED) is 0.651. The largest absolute Gasteiger partial charge is 0.485 e. The first kappa shape index (κ1) is 21.7. The number of hydrogen-bond acceptors (Lipinski definition) is 5. The zero-order chi connectivity index (χ0) is 20.8. The summed E-state index contributed by atoms with van der Waals surface area (Å²) in [7, 11) is 0. The maximum absolute atomic E-state index is 12.4. The second-order valence-electron chi connectivity index (χ2n) is 7.93. The molecule has 2 atom stereocenters. The van der Waals surface area contributed by atoms with E-state index in [2.05, 4.69) is 42.4 Å². The van der Waals surface area contributed by atoms with E-state index in [9.17, 15) is 4.79 Å². The Labute approximate surface area is 177 Å². The van der Waals surface area contributed by atoms with Gasteiger partial charge in [-0.15, -0.1) is 10.2 Å². The predicted molar refractivity (Wildman–Crippen MR) is 116 cm³/mol. The first-order chi connectivity index (χ1) is 14.0. The van der Waals surface area contributed by atoms with Gasteiger partial charge in [0.1, 0.15) is 12.4 Å². The van der Waals surface area contributed by atoms with E-state index in [1.54, 1.807) is 0 Å². The van der Waals surface area contributed by atoms with Crippen molar-refractivity contribution in [2.75, 3.05) is 5.75 Å². The summed E-state index contributed by atoms with van der Waals surface area (Å²) >= 11 is 1.44. The number of hydrogen-bond donors (Lipinski definition) is 1. The van der Waals surface area contributed by atoms with Crippen LogP contribution in [0.2, 0.25) is 0 Å². The van der Waals surface area contributed by atoms with Crippen LogP contribution < -0.4 is 10.1 Å². The van der Waals surface area contributed by atoms with E-state index in [0.717, 1.165) is 35.3 Å². The molecule has 6 nitrogen and oxygen atoms in total. The van der Waals surface area contributed by atoms with Crippen LogP contribution in [0.1, 0.15) is 56.5 Å². The van der Waals surface area contributed by atoms with E-state index >= 15 is 0 Å². The minimum atomic E-state index is 0.0764. The van der Waals surface area contributed by atoms with Crippen molar-refractivity contribution in [3.8, 4) is 5.75 Å². The lowest BCUT2D eigenvalue weighted by atomic mass is 9.86. The number of ether oxygens (including phenoxy) is 1. The summed E-state index contributed by atoms with van der Waals surface area (Å²) in [5, 5.41) is 12.5. The smallest absolute Gasteiger partial charge is 0.230 e. The number of benzene rings is 1. The van der Waals surface area contributed by atoms with Crippen LogP contribution in [0.15, 0.2) is 23.4 Å². The highest BCUT2D eigenvalue weighted by molar-refractivity contribution is 7.99. The van der Waals surface area contributed by atoms with Crippen molar-refractivity contribution >= 4 is 17.7 Å². The number of carbonyl (C=O) groups excluding carboxylic acids is 1.